The SMILES string of the molecule is COC(=O)c1cc(C#CCNC(C)=O)cnc1Cl. The van der Waals surface area contributed by atoms with Crippen molar-refractivity contribution >= 4 is 23.5 Å². The second-order valence-electron chi connectivity index (χ2n) is 3.27. The number of amides is 1. The number of pyridine rings is 1. The Morgan fingerprint density at radius 2 is 2.28 bits per heavy atom. The lowest BCUT2D eigenvalue weighted by atomic mass is 10.2. The molecule has 0 radical (unpaired) electrons. The van der Waals surface area contributed by atoms with Crippen molar-refractivity contribution in [2.45, 2.75) is 6.92 Å². The van der Waals surface area contributed by atoms with E-state index in [4.69, 9.17) is 11.6 Å². The molecule has 0 fully saturated rings. The van der Waals surface area contributed by atoms with Crippen LogP contribution in [-0.4, -0.2) is 30.5 Å². The van der Waals surface area contributed by atoms with Crippen LogP contribution >= 0.6 is 11.6 Å². The molecule has 5 nitrogen and oxygen atoms in total. The molecule has 94 valence electrons. The molecule has 6 heteroatoms. The van der Waals surface area contributed by atoms with Crippen LogP contribution in [0.4, 0.5) is 0 Å². The van der Waals surface area contributed by atoms with Gasteiger partial charge in [0.1, 0.15) is 5.15 Å². The molecule has 1 aromatic heterocycles. The van der Waals surface area contributed by atoms with Crippen molar-refractivity contribution in [1.82, 2.24) is 10.3 Å². The smallest absolute Gasteiger partial charge is 0.341 e. The quantitative estimate of drug-likeness (QED) is 0.493. The minimum atomic E-state index is -0.571. The molecule has 1 heterocycles. The fourth-order valence-corrected chi connectivity index (χ4v) is 1.26. The molecular formula is C12H11ClN2O3. The number of aromatic nitrogens is 1. The van der Waals surface area contributed by atoms with E-state index in [1.165, 1.54) is 26.3 Å². The largest absolute Gasteiger partial charge is 0.465 e. The van der Waals surface area contributed by atoms with Crippen molar-refractivity contribution in [2.75, 3.05) is 13.7 Å². The maximum atomic E-state index is 11.4. The van der Waals surface area contributed by atoms with Gasteiger partial charge in [0.25, 0.3) is 0 Å². The summed E-state index contributed by atoms with van der Waals surface area (Å²) < 4.78 is 4.56. The van der Waals surface area contributed by atoms with Gasteiger partial charge in [-0.25, -0.2) is 9.78 Å². The molecule has 0 atom stereocenters. The zero-order valence-corrected chi connectivity index (χ0v) is 10.7. The van der Waals surface area contributed by atoms with Crippen LogP contribution in [0.25, 0.3) is 0 Å². The second-order valence-corrected chi connectivity index (χ2v) is 3.62. The van der Waals surface area contributed by atoms with Gasteiger partial charge in [0.15, 0.2) is 0 Å². The van der Waals surface area contributed by atoms with Gasteiger partial charge in [0.2, 0.25) is 5.91 Å². The number of nitrogens with zero attached hydrogens (tertiary/aromatic N) is 1. The number of carbonyl (C=O) groups is 2. The first-order valence-corrected chi connectivity index (χ1v) is 5.39. The third kappa shape index (κ3) is 4.07. The van der Waals surface area contributed by atoms with E-state index in [1.807, 2.05) is 0 Å². The Morgan fingerprint density at radius 3 is 2.89 bits per heavy atom. The summed E-state index contributed by atoms with van der Waals surface area (Å²) in [5.74, 6) is 4.74. The minimum absolute atomic E-state index is 0.0641. The first-order chi connectivity index (χ1) is 8.54. The van der Waals surface area contributed by atoms with Crippen LogP contribution < -0.4 is 5.32 Å². The molecule has 0 spiro atoms. The lowest BCUT2D eigenvalue weighted by molar-refractivity contribution is -0.118. The number of halogens is 1. The third-order valence-electron chi connectivity index (χ3n) is 1.90. The number of hydrogen-bond acceptors (Lipinski definition) is 4. The van der Waals surface area contributed by atoms with E-state index in [2.05, 4.69) is 26.9 Å². The molecule has 1 N–H and O–H groups in total. The van der Waals surface area contributed by atoms with Crippen LogP contribution in [0.2, 0.25) is 5.15 Å². The molecule has 0 saturated heterocycles. The lowest BCUT2D eigenvalue weighted by Gasteiger charge is -2.01. The highest BCUT2D eigenvalue weighted by atomic mass is 35.5. The standard InChI is InChI=1S/C12H11ClN2O3/c1-8(16)14-5-3-4-9-6-10(12(17)18-2)11(13)15-7-9/h6-7H,5H2,1-2H3,(H,14,16). The van der Waals surface area contributed by atoms with E-state index in [0.717, 1.165) is 0 Å². The molecular weight excluding hydrogens is 256 g/mol. The van der Waals surface area contributed by atoms with Gasteiger partial charge in [-0.3, -0.25) is 4.79 Å². The molecule has 0 aliphatic heterocycles. The van der Waals surface area contributed by atoms with Crippen LogP contribution in [0.5, 0.6) is 0 Å². The molecule has 0 saturated carbocycles. The van der Waals surface area contributed by atoms with E-state index in [0.29, 0.717) is 5.56 Å². The van der Waals surface area contributed by atoms with E-state index in [1.54, 1.807) is 0 Å². The van der Waals surface area contributed by atoms with Gasteiger partial charge in [-0.2, -0.15) is 0 Å². The van der Waals surface area contributed by atoms with Crippen LogP contribution in [-0.2, 0) is 9.53 Å². The fraction of sp³-hybridized carbons (Fsp3) is 0.250. The summed E-state index contributed by atoms with van der Waals surface area (Å²) in [7, 11) is 1.26. The van der Waals surface area contributed by atoms with Crippen LogP contribution in [0.3, 0.4) is 0 Å². The highest BCUT2D eigenvalue weighted by molar-refractivity contribution is 6.32. The van der Waals surface area contributed by atoms with Gasteiger partial charge in [0, 0.05) is 18.7 Å². The Morgan fingerprint density at radius 1 is 1.56 bits per heavy atom. The molecule has 1 aromatic rings. The van der Waals surface area contributed by atoms with Crippen molar-refractivity contribution < 1.29 is 14.3 Å². The summed E-state index contributed by atoms with van der Waals surface area (Å²) in [5.41, 5.74) is 0.677. The van der Waals surface area contributed by atoms with Gasteiger partial charge in [-0.1, -0.05) is 23.4 Å². The molecule has 0 aromatic carbocycles. The number of nitrogens with one attached hydrogen (secondary N) is 1. The van der Waals surface area contributed by atoms with Gasteiger partial charge in [0.05, 0.1) is 19.2 Å². The predicted molar refractivity (Wildman–Crippen MR) is 66.1 cm³/mol. The number of ether oxygens (including phenoxy) is 1. The topological polar surface area (TPSA) is 68.3 Å². The third-order valence-corrected chi connectivity index (χ3v) is 2.20. The number of hydrogen-bond donors (Lipinski definition) is 1. The van der Waals surface area contributed by atoms with E-state index in [9.17, 15) is 9.59 Å². The summed E-state index contributed by atoms with van der Waals surface area (Å²) >= 11 is 5.76. The zero-order chi connectivity index (χ0) is 13.5. The minimum Gasteiger partial charge on any atom is -0.465 e. The molecule has 0 aliphatic rings. The highest BCUT2D eigenvalue weighted by Gasteiger charge is 2.11. The highest BCUT2D eigenvalue weighted by Crippen LogP contribution is 2.14. The van der Waals surface area contributed by atoms with Gasteiger partial charge in [-0.15, -0.1) is 0 Å². The van der Waals surface area contributed by atoms with Crippen molar-refractivity contribution in [3.05, 3.63) is 28.5 Å². The summed E-state index contributed by atoms with van der Waals surface area (Å²) in [4.78, 5) is 25.8. The van der Waals surface area contributed by atoms with Crippen LogP contribution in [0.15, 0.2) is 12.3 Å². The summed E-state index contributed by atoms with van der Waals surface area (Å²) in [6, 6.07) is 1.49. The Bertz CT molecular complexity index is 532. The Labute approximate surface area is 109 Å². The first kappa shape index (κ1) is 14.0. The fourth-order valence-electron chi connectivity index (χ4n) is 1.08. The lowest BCUT2D eigenvalue weighted by Crippen LogP contribution is -2.19. The Kier molecular flexibility index (Phi) is 5.15. The second kappa shape index (κ2) is 6.62. The number of rotatable bonds is 2. The van der Waals surface area contributed by atoms with Crippen LogP contribution in [0.1, 0.15) is 22.8 Å². The van der Waals surface area contributed by atoms with Crippen molar-refractivity contribution in [2.24, 2.45) is 0 Å². The summed E-state index contributed by atoms with van der Waals surface area (Å²) in [6.45, 7) is 1.63. The van der Waals surface area contributed by atoms with Gasteiger partial charge < -0.3 is 10.1 Å². The summed E-state index contributed by atoms with van der Waals surface area (Å²) in [6.07, 6.45) is 1.44. The summed E-state index contributed by atoms with van der Waals surface area (Å²) in [5, 5.41) is 2.59. The average Bonchev–Trinajstić information content (AvgIpc) is 2.35. The van der Waals surface area contributed by atoms with Crippen LogP contribution in [0, 0.1) is 11.8 Å². The van der Waals surface area contributed by atoms with Gasteiger partial charge >= 0.3 is 5.97 Å². The Balaban J connectivity index is 2.85. The molecule has 0 bridgehead atoms. The normalized spacial score (nSPS) is 9.06. The van der Waals surface area contributed by atoms with Crippen molar-refractivity contribution in [3.63, 3.8) is 0 Å². The monoisotopic (exact) mass is 266 g/mol. The molecule has 1 rings (SSSR count). The molecule has 1 amide bonds. The van der Waals surface area contributed by atoms with Crippen molar-refractivity contribution in [1.29, 1.82) is 0 Å². The first-order valence-electron chi connectivity index (χ1n) is 5.01. The molecule has 18 heavy (non-hydrogen) atoms. The van der Waals surface area contributed by atoms with Gasteiger partial charge in [-0.05, 0) is 6.07 Å². The number of methoxy groups -OCH3 is 1. The Hall–Kier alpha value is -2.06. The van der Waals surface area contributed by atoms with E-state index < -0.39 is 5.97 Å². The van der Waals surface area contributed by atoms with E-state index in [-0.39, 0.29) is 23.2 Å². The predicted octanol–water partition coefficient (Wildman–Crippen LogP) is 1.01. The molecule has 0 aliphatic carbocycles. The molecule has 0 unspecified atom stereocenters. The van der Waals surface area contributed by atoms with E-state index >= 15 is 0 Å². The van der Waals surface area contributed by atoms with Crippen molar-refractivity contribution in [3.8, 4) is 11.8 Å². The number of esters is 1. The zero-order valence-electron chi connectivity index (χ0n) is 9.91. The maximum Gasteiger partial charge on any atom is 0.341 e. The maximum absolute atomic E-state index is 11.4. The average molecular weight is 267 g/mol. The number of carbonyl (C=O) groups excluding carboxylic acids is 2.